The van der Waals surface area contributed by atoms with Crippen LogP contribution < -0.4 is 4.90 Å². The van der Waals surface area contributed by atoms with Gasteiger partial charge in [0.15, 0.2) is 11.6 Å². The molecule has 7 heteroatoms. The van der Waals surface area contributed by atoms with Crippen LogP contribution in [0.15, 0.2) is 192 Å². The van der Waals surface area contributed by atoms with E-state index in [1.54, 1.807) is 0 Å². The number of rotatable bonds is 4. The highest BCUT2D eigenvalue weighted by molar-refractivity contribution is 8.31. The van der Waals surface area contributed by atoms with Crippen LogP contribution in [0, 0.1) is 0 Å². The lowest BCUT2D eigenvalue weighted by atomic mass is 10.2. The molecule has 11 rings (SSSR count). The molecule has 1 aliphatic heterocycles. The number of para-hydroxylation sites is 2. The molecule has 0 saturated carbocycles. The normalized spacial score (nSPS) is 14.2. The summed E-state index contributed by atoms with van der Waals surface area (Å²) >= 11 is 0. The second-order valence-corrected chi connectivity index (χ2v) is 15.6. The minimum atomic E-state index is -2.29. The number of aromatic nitrogens is 5. The summed E-state index contributed by atoms with van der Waals surface area (Å²) in [7, 11) is -2.29. The summed E-state index contributed by atoms with van der Waals surface area (Å²) in [6.45, 7) is 0. The number of hydrogen-bond acceptors (Lipinski definition) is 3. The van der Waals surface area contributed by atoms with Gasteiger partial charge in [0.1, 0.15) is 0 Å². The minimum Gasteiger partial charge on any atom is -0.309 e. The Morgan fingerprint density at radius 3 is 1.33 bits per heavy atom. The molecule has 0 aliphatic carbocycles. The lowest BCUT2D eigenvalue weighted by Gasteiger charge is -2.47. The van der Waals surface area contributed by atoms with Gasteiger partial charge in [-0.25, -0.2) is 0 Å². The van der Waals surface area contributed by atoms with Crippen LogP contribution in [0.5, 0.6) is 0 Å². The zero-order chi connectivity index (χ0) is 33.5. The highest BCUT2D eigenvalue weighted by Gasteiger charge is 2.46. The minimum absolute atomic E-state index is 0.940. The first-order valence-corrected chi connectivity index (χ1v) is 18.7. The topological polar surface area (TPSA) is 43.8 Å². The lowest BCUT2D eigenvalue weighted by Crippen LogP contribution is -2.32. The highest BCUT2D eigenvalue weighted by Crippen LogP contribution is 2.70. The Morgan fingerprint density at radius 2 is 0.804 bits per heavy atom. The average molecular weight is 675 g/mol. The van der Waals surface area contributed by atoms with Crippen LogP contribution >= 0.6 is 10.4 Å². The summed E-state index contributed by atoms with van der Waals surface area (Å²) < 4.78 is 6.95. The predicted octanol–water partition coefficient (Wildman–Crippen LogP) is 11.4. The third-order valence-electron chi connectivity index (χ3n) is 10.0. The van der Waals surface area contributed by atoms with Crippen LogP contribution in [0.25, 0.3) is 49.3 Å². The molecule has 242 valence electrons. The predicted molar refractivity (Wildman–Crippen MR) is 210 cm³/mol. The summed E-state index contributed by atoms with van der Waals surface area (Å²) in [5.41, 5.74) is 6.35. The maximum Gasteiger partial charge on any atom is 0.158 e. The second-order valence-electron chi connectivity index (χ2n) is 12.8. The Balaban J connectivity index is 1.28. The molecule has 7 aromatic carbocycles. The van der Waals surface area contributed by atoms with Crippen LogP contribution in [0.1, 0.15) is 0 Å². The van der Waals surface area contributed by atoms with Crippen molar-refractivity contribution < 1.29 is 0 Å². The Labute approximate surface area is 295 Å². The van der Waals surface area contributed by atoms with E-state index in [1.165, 1.54) is 21.8 Å². The number of hydrogen-bond donors (Lipinski definition) is 0. The van der Waals surface area contributed by atoms with E-state index < -0.39 is 10.4 Å². The van der Waals surface area contributed by atoms with Gasteiger partial charge in [0.2, 0.25) is 0 Å². The van der Waals surface area contributed by atoms with Crippen LogP contribution in [0.2, 0.25) is 0 Å². The van der Waals surface area contributed by atoms with E-state index in [0.717, 1.165) is 54.6 Å². The van der Waals surface area contributed by atoms with Gasteiger partial charge in [-0.3, -0.25) is 4.90 Å². The average Bonchev–Trinajstić information content (AvgIpc) is 3.88. The Morgan fingerprint density at radius 1 is 0.373 bits per heavy atom. The monoisotopic (exact) mass is 674 g/mol. The van der Waals surface area contributed by atoms with Gasteiger partial charge in [-0.2, -0.15) is 18.4 Å². The van der Waals surface area contributed by atoms with Crippen molar-refractivity contribution >= 4 is 71.3 Å². The van der Waals surface area contributed by atoms with Crippen LogP contribution in [-0.4, -0.2) is 22.9 Å². The first-order chi connectivity index (χ1) is 25.3. The maximum atomic E-state index is 5.50. The molecule has 10 aromatic rings. The molecule has 6 nitrogen and oxygen atoms in total. The van der Waals surface area contributed by atoms with Gasteiger partial charge in [-0.05, 0) is 78.9 Å². The quantitative estimate of drug-likeness (QED) is 0.187. The smallest absolute Gasteiger partial charge is 0.158 e. The van der Waals surface area contributed by atoms with E-state index in [1.807, 2.05) is 0 Å². The third kappa shape index (κ3) is 3.83. The molecule has 0 fully saturated rings. The highest BCUT2D eigenvalue weighted by atomic mass is 32.3. The van der Waals surface area contributed by atoms with Gasteiger partial charge in [0, 0.05) is 47.4 Å². The number of benzene rings is 7. The maximum absolute atomic E-state index is 5.50. The Hall–Kier alpha value is -6.57. The summed E-state index contributed by atoms with van der Waals surface area (Å²) in [5.74, 6) is 2.04. The Kier molecular flexibility index (Phi) is 5.94. The zero-order valence-corrected chi connectivity index (χ0v) is 28.2. The first-order valence-electron chi connectivity index (χ1n) is 17.1. The summed E-state index contributed by atoms with van der Waals surface area (Å²) in [6.07, 6.45) is 0. The standard InChI is InChI=1S/C44H30N6S/c1-3-18-33(19-4-1)51(34-20-5-2-6-21-34)49-43(37-24-7-11-26-39(37)45-49)48(44-38-25-8-12-27-40(38)46-50(44)51)32-17-15-16-31(30-32)47-41-28-13-9-22-35(41)36-23-10-14-29-42(36)47/h1-30H. The molecular formula is C44H30N6S. The lowest BCUT2D eigenvalue weighted by molar-refractivity contribution is 0.860. The Bertz CT molecular complexity index is 2760. The van der Waals surface area contributed by atoms with Crippen molar-refractivity contribution in [3.05, 3.63) is 182 Å². The van der Waals surface area contributed by atoms with E-state index in [2.05, 4.69) is 200 Å². The molecule has 0 bridgehead atoms. The molecule has 0 atom stereocenters. The van der Waals surface area contributed by atoms with Crippen LogP contribution in [-0.2, 0) is 0 Å². The molecule has 0 unspecified atom stereocenters. The molecule has 1 aliphatic rings. The van der Waals surface area contributed by atoms with Crippen LogP contribution in [0.3, 0.4) is 0 Å². The van der Waals surface area contributed by atoms with Crippen molar-refractivity contribution in [1.82, 2.24) is 22.9 Å². The summed E-state index contributed by atoms with van der Waals surface area (Å²) in [5, 5.41) is 15.7. The van der Waals surface area contributed by atoms with E-state index in [9.17, 15) is 0 Å². The van der Waals surface area contributed by atoms with E-state index >= 15 is 0 Å². The van der Waals surface area contributed by atoms with Crippen molar-refractivity contribution in [3.8, 4) is 5.69 Å². The first kappa shape index (κ1) is 28.3. The van der Waals surface area contributed by atoms with Crippen molar-refractivity contribution in [2.24, 2.45) is 0 Å². The number of fused-ring (bicyclic) bond motifs is 9. The molecular weight excluding hydrogens is 645 g/mol. The van der Waals surface area contributed by atoms with Crippen molar-refractivity contribution in [2.45, 2.75) is 9.79 Å². The second kappa shape index (κ2) is 10.7. The van der Waals surface area contributed by atoms with E-state index in [-0.39, 0.29) is 0 Å². The molecule has 51 heavy (non-hydrogen) atoms. The van der Waals surface area contributed by atoms with E-state index in [4.69, 9.17) is 10.2 Å². The van der Waals surface area contributed by atoms with Gasteiger partial charge < -0.3 is 4.57 Å². The van der Waals surface area contributed by atoms with Gasteiger partial charge in [0.05, 0.1) is 27.8 Å². The van der Waals surface area contributed by atoms with Gasteiger partial charge in [-0.15, -0.1) is 0 Å². The summed E-state index contributed by atoms with van der Waals surface area (Å²) in [4.78, 5) is 4.69. The molecule has 0 radical (unpaired) electrons. The van der Waals surface area contributed by atoms with Crippen molar-refractivity contribution in [2.75, 3.05) is 4.90 Å². The number of nitrogens with zero attached hydrogens (tertiary/aromatic N) is 6. The zero-order valence-electron chi connectivity index (χ0n) is 27.4. The molecule has 3 aromatic heterocycles. The van der Waals surface area contributed by atoms with Gasteiger partial charge in [-0.1, -0.05) is 103 Å². The van der Waals surface area contributed by atoms with Crippen molar-refractivity contribution in [1.29, 1.82) is 0 Å². The van der Waals surface area contributed by atoms with Crippen molar-refractivity contribution in [3.63, 3.8) is 0 Å². The largest absolute Gasteiger partial charge is 0.309 e. The third-order valence-corrected chi connectivity index (χ3v) is 13.4. The van der Waals surface area contributed by atoms with Gasteiger partial charge >= 0.3 is 0 Å². The fourth-order valence-corrected chi connectivity index (χ4v) is 11.5. The fraction of sp³-hybridized carbons (Fsp3) is 0. The fourth-order valence-electron chi connectivity index (χ4n) is 7.92. The van der Waals surface area contributed by atoms with Gasteiger partial charge in [0.25, 0.3) is 0 Å². The molecule has 0 amide bonds. The molecule has 0 spiro atoms. The SMILES string of the molecule is c1ccc(S2(c3ccccc3)n3nc4ccccc4c3N(c3cccc(-n4c5ccccc5c5ccccc54)c3)c3c4ccccc4nn32)cc1. The van der Waals surface area contributed by atoms with Crippen LogP contribution in [0.4, 0.5) is 17.3 Å². The summed E-state index contributed by atoms with van der Waals surface area (Å²) in [6, 6.07) is 64.8. The molecule has 4 heterocycles. The number of anilines is 3. The molecule has 0 saturated heterocycles. The molecule has 0 N–H and O–H groups in total. The van der Waals surface area contributed by atoms with E-state index in [0.29, 0.717) is 0 Å².